The molecular formula is C63H46O2. The number of phenolic OH excluding ortho intramolecular Hbond substituents is 2. The third-order valence-electron chi connectivity index (χ3n) is 13.2. The second kappa shape index (κ2) is 16.8. The minimum absolute atomic E-state index is 0.297. The number of phenols is 2. The maximum atomic E-state index is 11.1. The normalized spacial score (nSPS) is 12.4. The van der Waals surface area contributed by atoms with Gasteiger partial charge >= 0.3 is 0 Å². The number of hydrogen-bond donors (Lipinski definition) is 2. The van der Waals surface area contributed by atoms with Crippen molar-refractivity contribution in [3.63, 3.8) is 0 Å². The van der Waals surface area contributed by atoms with Crippen LogP contribution in [0.15, 0.2) is 243 Å². The molecule has 1 aliphatic carbocycles. The van der Waals surface area contributed by atoms with Gasteiger partial charge in [0.15, 0.2) is 0 Å². The van der Waals surface area contributed by atoms with E-state index in [0.29, 0.717) is 24.3 Å². The molecule has 0 bridgehead atoms. The van der Waals surface area contributed by atoms with Gasteiger partial charge in [0.2, 0.25) is 0 Å². The van der Waals surface area contributed by atoms with Crippen molar-refractivity contribution >= 4 is 0 Å². The Bertz CT molecular complexity index is 3090. The molecule has 310 valence electrons. The molecule has 1 aliphatic rings. The molecular weight excluding hydrogens is 789 g/mol. The van der Waals surface area contributed by atoms with E-state index in [-0.39, 0.29) is 0 Å². The molecule has 2 N–H and O–H groups in total. The standard InChI is InChI=1S/C63H46O2/c64-61-33-29-49(37-53(61)35-43-15-5-1-6-16-43)47-23-13-25-55(39-47)63(56-26-14-24-48(40-56)50-30-34-62(65)54(38-50)36-44-17-7-2-8-18-44)59-31-27-51(45-19-9-3-10-20-45)41-57(59)58-42-52(28-32-60(58)63)46-21-11-4-12-22-46/h1-34,37-42,64-65H,35-36H2. The van der Waals surface area contributed by atoms with Crippen LogP contribution in [0.5, 0.6) is 11.5 Å². The monoisotopic (exact) mass is 834 g/mol. The van der Waals surface area contributed by atoms with Crippen molar-refractivity contribution in [2.45, 2.75) is 18.3 Å². The van der Waals surface area contributed by atoms with Gasteiger partial charge in [-0.3, -0.25) is 0 Å². The Morgan fingerprint density at radius 2 is 0.615 bits per heavy atom. The first kappa shape index (κ1) is 39.6. The Kier molecular flexibility index (Phi) is 10.3. The average Bonchev–Trinajstić information content (AvgIpc) is 3.66. The number of fused-ring (bicyclic) bond motifs is 3. The highest BCUT2D eigenvalue weighted by Crippen LogP contribution is 2.58. The summed E-state index contributed by atoms with van der Waals surface area (Å²) in [6.07, 6.45) is 1.27. The van der Waals surface area contributed by atoms with Crippen LogP contribution in [0.25, 0.3) is 55.6 Å². The van der Waals surface area contributed by atoms with Gasteiger partial charge in [0, 0.05) is 12.8 Å². The summed E-state index contributed by atoms with van der Waals surface area (Å²) in [5.41, 5.74) is 19.5. The van der Waals surface area contributed by atoms with Crippen LogP contribution in [0.1, 0.15) is 44.5 Å². The Morgan fingerprint density at radius 3 is 1.03 bits per heavy atom. The Hall–Kier alpha value is -8.20. The summed E-state index contributed by atoms with van der Waals surface area (Å²) in [5.74, 6) is 0.593. The fraction of sp³-hybridized carbons (Fsp3) is 0.0476. The molecule has 0 radical (unpaired) electrons. The largest absolute Gasteiger partial charge is 0.508 e. The van der Waals surface area contributed by atoms with E-state index in [1.807, 2.05) is 60.7 Å². The summed E-state index contributed by atoms with van der Waals surface area (Å²) in [6.45, 7) is 0. The maximum absolute atomic E-state index is 11.1. The zero-order valence-corrected chi connectivity index (χ0v) is 35.9. The van der Waals surface area contributed by atoms with Crippen LogP contribution in [-0.2, 0) is 18.3 Å². The van der Waals surface area contributed by atoms with Crippen LogP contribution >= 0.6 is 0 Å². The number of hydrogen-bond acceptors (Lipinski definition) is 2. The quantitative estimate of drug-likeness (QED) is 0.144. The van der Waals surface area contributed by atoms with Crippen molar-refractivity contribution in [1.29, 1.82) is 0 Å². The van der Waals surface area contributed by atoms with Gasteiger partial charge in [-0.05, 0) is 149 Å². The molecule has 0 spiro atoms. The summed E-state index contributed by atoms with van der Waals surface area (Å²) in [4.78, 5) is 0. The van der Waals surface area contributed by atoms with E-state index in [4.69, 9.17) is 0 Å². The maximum Gasteiger partial charge on any atom is 0.119 e. The Labute approximate surface area is 381 Å². The zero-order valence-electron chi connectivity index (χ0n) is 35.9. The minimum atomic E-state index is -0.714. The van der Waals surface area contributed by atoms with Gasteiger partial charge in [-0.2, -0.15) is 0 Å². The van der Waals surface area contributed by atoms with Crippen molar-refractivity contribution in [1.82, 2.24) is 0 Å². The molecule has 0 saturated heterocycles. The first-order chi connectivity index (χ1) is 32.0. The molecule has 0 aliphatic heterocycles. The van der Waals surface area contributed by atoms with Crippen LogP contribution in [-0.4, -0.2) is 10.2 Å². The second-order valence-electron chi connectivity index (χ2n) is 17.2. The van der Waals surface area contributed by atoms with Crippen molar-refractivity contribution in [2.75, 3.05) is 0 Å². The van der Waals surface area contributed by atoms with Crippen molar-refractivity contribution in [2.24, 2.45) is 0 Å². The molecule has 0 amide bonds. The van der Waals surface area contributed by atoms with E-state index >= 15 is 0 Å². The zero-order chi connectivity index (χ0) is 43.7. The third-order valence-corrected chi connectivity index (χ3v) is 13.2. The van der Waals surface area contributed by atoms with Crippen molar-refractivity contribution in [3.8, 4) is 67.1 Å². The lowest BCUT2D eigenvalue weighted by atomic mass is 9.66. The molecule has 2 nitrogen and oxygen atoms in total. The van der Waals surface area contributed by atoms with Gasteiger partial charge in [0.05, 0.1) is 5.41 Å². The lowest BCUT2D eigenvalue weighted by Crippen LogP contribution is -2.28. The molecule has 0 aromatic heterocycles. The van der Waals surface area contributed by atoms with Crippen molar-refractivity contribution < 1.29 is 10.2 Å². The SMILES string of the molecule is Oc1ccc(-c2cccc(C3(c4cccc(-c5ccc(O)c(Cc6ccccc6)c5)c4)c4ccc(-c5ccccc5)cc4-c4cc(-c5ccccc5)ccc43)c2)cc1Cc1ccccc1. The topological polar surface area (TPSA) is 40.5 Å². The molecule has 0 saturated carbocycles. The van der Waals surface area contributed by atoms with E-state index < -0.39 is 5.41 Å². The van der Waals surface area contributed by atoms with Gasteiger partial charge in [0.1, 0.15) is 11.5 Å². The second-order valence-corrected chi connectivity index (χ2v) is 17.2. The summed E-state index contributed by atoms with van der Waals surface area (Å²) >= 11 is 0. The lowest BCUT2D eigenvalue weighted by Gasteiger charge is -2.35. The molecule has 11 rings (SSSR count). The number of benzene rings is 10. The molecule has 2 heteroatoms. The molecule has 0 heterocycles. The highest BCUT2D eigenvalue weighted by Gasteiger charge is 2.46. The minimum Gasteiger partial charge on any atom is -0.508 e. The van der Waals surface area contributed by atoms with Crippen LogP contribution in [0.4, 0.5) is 0 Å². The molecule has 65 heavy (non-hydrogen) atoms. The summed E-state index contributed by atoms with van der Waals surface area (Å²) in [7, 11) is 0. The van der Waals surface area contributed by atoms with Crippen LogP contribution < -0.4 is 0 Å². The molecule has 10 aromatic rings. The fourth-order valence-electron chi connectivity index (χ4n) is 10.1. The lowest BCUT2D eigenvalue weighted by molar-refractivity contribution is 0.469. The molecule has 0 atom stereocenters. The van der Waals surface area contributed by atoms with E-state index in [2.05, 4.69) is 182 Å². The van der Waals surface area contributed by atoms with Crippen molar-refractivity contribution in [3.05, 3.63) is 287 Å². The molecule has 0 fully saturated rings. The predicted octanol–water partition coefficient (Wildman–Crippen LogP) is 15.3. The summed E-state index contributed by atoms with van der Waals surface area (Å²) in [5, 5.41) is 22.2. The van der Waals surface area contributed by atoms with Crippen LogP contribution in [0.2, 0.25) is 0 Å². The Morgan fingerprint density at radius 1 is 0.277 bits per heavy atom. The third kappa shape index (κ3) is 7.39. The van der Waals surface area contributed by atoms with Gasteiger partial charge in [-0.15, -0.1) is 0 Å². The van der Waals surface area contributed by atoms with E-state index in [9.17, 15) is 10.2 Å². The Balaban J connectivity index is 1.14. The van der Waals surface area contributed by atoms with Gasteiger partial charge in [-0.25, -0.2) is 0 Å². The van der Waals surface area contributed by atoms with Gasteiger partial charge in [0.25, 0.3) is 0 Å². The van der Waals surface area contributed by atoms with E-state index in [0.717, 1.165) is 55.6 Å². The summed E-state index contributed by atoms with van der Waals surface area (Å²) < 4.78 is 0. The molecule has 0 unspecified atom stereocenters. The van der Waals surface area contributed by atoms with Crippen LogP contribution in [0.3, 0.4) is 0 Å². The van der Waals surface area contributed by atoms with Crippen LogP contribution in [0, 0.1) is 0 Å². The van der Waals surface area contributed by atoms with E-state index in [1.165, 1.54) is 44.5 Å². The first-order valence-electron chi connectivity index (χ1n) is 22.3. The number of aromatic hydroxyl groups is 2. The van der Waals surface area contributed by atoms with E-state index in [1.54, 1.807) is 0 Å². The first-order valence-corrected chi connectivity index (χ1v) is 22.3. The smallest absolute Gasteiger partial charge is 0.119 e. The highest BCUT2D eigenvalue weighted by molar-refractivity contribution is 5.92. The summed E-state index contributed by atoms with van der Waals surface area (Å²) in [6, 6.07) is 86.1. The highest BCUT2D eigenvalue weighted by atomic mass is 16.3. The number of rotatable bonds is 10. The molecule has 10 aromatic carbocycles. The predicted molar refractivity (Wildman–Crippen MR) is 267 cm³/mol. The van der Waals surface area contributed by atoms with Gasteiger partial charge in [-0.1, -0.05) is 194 Å². The van der Waals surface area contributed by atoms with Gasteiger partial charge < -0.3 is 10.2 Å². The fourth-order valence-corrected chi connectivity index (χ4v) is 10.1. The average molecular weight is 835 g/mol.